The molecular weight excluding hydrogens is 350 g/mol. The van der Waals surface area contributed by atoms with E-state index < -0.39 is 0 Å². The molecular formula is C24H35NO3. The molecule has 0 amide bonds. The first-order valence-electron chi connectivity index (χ1n) is 11.3. The van der Waals surface area contributed by atoms with Crippen molar-refractivity contribution in [2.24, 2.45) is 5.92 Å². The summed E-state index contributed by atoms with van der Waals surface area (Å²) in [5.74, 6) is 1.90. The predicted molar refractivity (Wildman–Crippen MR) is 110 cm³/mol. The maximum absolute atomic E-state index is 6.30. The van der Waals surface area contributed by atoms with Crippen molar-refractivity contribution in [2.45, 2.75) is 82.1 Å². The van der Waals surface area contributed by atoms with Gasteiger partial charge in [0.1, 0.15) is 5.75 Å². The maximum atomic E-state index is 6.30. The van der Waals surface area contributed by atoms with Crippen molar-refractivity contribution in [2.75, 3.05) is 27.4 Å². The number of rotatable bonds is 7. The second-order valence-electron chi connectivity index (χ2n) is 9.46. The van der Waals surface area contributed by atoms with Gasteiger partial charge in [-0.15, -0.1) is 0 Å². The largest absolute Gasteiger partial charge is 0.496 e. The van der Waals surface area contributed by atoms with Crippen molar-refractivity contribution in [3.63, 3.8) is 0 Å². The van der Waals surface area contributed by atoms with Crippen LogP contribution in [0.15, 0.2) is 12.1 Å². The minimum Gasteiger partial charge on any atom is -0.496 e. The van der Waals surface area contributed by atoms with Crippen molar-refractivity contribution in [1.82, 2.24) is 4.90 Å². The molecule has 0 radical (unpaired) electrons. The number of benzene rings is 1. The summed E-state index contributed by atoms with van der Waals surface area (Å²) in [6.45, 7) is 3.03. The monoisotopic (exact) mass is 385 g/mol. The molecule has 3 aliphatic carbocycles. The van der Waals surface area contributed by atoms with E-state index in [-0.39, 0.29) is 5.60 Å². The molecule has 0 bridgehead atoms. The van der Waals surface area contributed by atoms with Crippen LogP contribution in [0, 0.1) is 5.92 Å². The predicted octanol–water partition coefficient (Wildman–Crippen LogP) is 4.12. The maximum Gasteiger partial charge on any atom is 0.123 e. The molecule has 4 heteroatoms. The van der Waals surface area contributed by atoms with E-state index in [2.05, 4.69) is 17.0 Å². The van der Waals surface area contributed by atoms with Gasteiger partial charge in [0.2, 0.25) is 0 Å². The van der Waals surface area contributed by atoms with Crippen LogP contribution in [-0.4, -0.2) is 50.0 Å². The fourth-order valence-corrected chi connectivity index (χ4v) is 5.84. The Kier molecular flexibility index (Phi) is 5.14. The Balaban J connectivity index is 1.33. The van der Waals surface area contributed by atoms with Gasteiger partial charge >= 0.3 is 0 Å². The van der Waals surface area contributed by atoms with E-state index in [0.29, 0.717) is 12.1 Å². The average molecular weight is 386 g/mol. The zero-order valence-electron chi connectivity index (χ0n) is 17.5. The molecule has 4 nitrogen and oxygen atoms in total. The summed E-state index contributed by atoms with van der Waals surface area (Å²) in [5, 5.41) is 0. The highest BCUT2D eigenvalue weighted by molar-refractivity contribution is 5.45. The van der Waals surface area contributed by atoms with E-state index in [1.807, 2.05) is 14.2 Å². The number of nitrogens with zero attached hydrogens (tertiary/aromatic N) is 1. The van der Waals surface area contributed by atoms with Crippen molar-refractivity contribution >= 4 is 0 Å². The summed E-state index contributed by atoms with van der Waals surface area (Å²) in [7, 11) is 3.73. The van der Waals surface area contributed by atoms with Gasteiger partial charge in [-0.2, -0.15) is 0 Å². The third kappa shape index (κ3) is 3.48. The molecule has 3 atom stereocenters. The van der Waals surface area contributed by atoms with Crippen LogP contribution in [0.4, 0.5) is 0 Å². The Hall–Kier alpha value is -1.10. The number of ether oxygens (including phenoxy) is 3. The lowest BCUT2D eigenvalue weighted by Gasteiger charge is -2.43. The van der Waals surface area contributed by atoms with E-state index in [9.17, 15) is 0 Å². The van der Waals surface area contributed by atoms with E-state index in [1.54, 1.807) is 0 Å². The van der Waals surface area contributed by atoms with Gasteiger partial charge in [-0.25, -0.2) is 0 Å². The number of hydrogen-bond donors (Lipinski definition) is 0. The molecule has 0 N–H and O–H groups in total. The summed E-state index contributed by atoms with van der Waals surface area (Å²) in [6, 6.07) is 5.16. The van der Waals surface area contributed by atoms with Gasteiger partial charge in [-0.05, 0) is 80.9 Å². The van der Waals surface area contributed by atoms with Crippen LogP contribution >= 0.6 is 0 Å². The number of hydrogen-bond acceptors (Lipinski definition) is 4. The Labute approximate surface area is 169 Å². The van der Waals surface area contributed by atoms with E-state index in [0.717, 1.165) is 57.0 Å². The Morgan fingerprint density at radius 3 is 2.64 bits per heavy atom. The van der Waals surface area contributed by atoms with Crippen LogP contribution < -0.4 is 4.74 Å². The van der Waals surface area contributed by atoms with Gasteiger partial charge in [0.15, 0.2) is 0 Å². The standard InChI is InChI=1S/C24H35NO3/c1-26-22-13-19-5-3-4-18(19)12-20(22)15-25-11-10-24(27-2)9-8-21(14-23(24)25)28-16-17-6-7-17/h12-13,17,21,23H,3-11,14-16H2,1-2H3/t21-,23+,24-/m1/s1. The van der Waals surface area contributed by atoms with Crippen LogP contribution in [0.25, 0.3) is 0 Å². The topological polar surface area (TPSA) is 30.9 Å². The van der Waals surface area contributed by atoms with Crippen molar-refractivity contribution in [3.05, 3.63) is 28.8 Å². The number of methoxy groups -OCH3 is 2. The third-order valence-electron chi connectivity index (χ3n) is 7.79. The number of aryl methyl sites for hydroxylation is 2. The fraction of sp³-hybridized carbons (Fsp3) is 0.750. The quantitative estimate of drug-likeness (QED) is 0.706. The lowest BCUT2D eigenvalue weighted by molar-refractivity contribution is -0.103. The number of likely N-dealkylation sites (tertiary alicyclic amines) is 1. The lowest BCUT2D eigenvalue weighted by atomic mass is 9.79. The van der Waals surface area contributed by atoms with Crippen LogP contribution in [0.1, 0.15) is 61.6 Å². The molecule has 154 valence electrons. The van der Waals surface area contributed by atoms with Gasteiger partial charge < -0.3 is 14.2 Å². The lowest BCUT2D eigenvalue weighted by Crippen LogP contribution is -2.51. The molecule has 3 fully saturated rings. The summed E-state index contributed by atoms with van der Waals surface area (Å²) in [4.78, 5) is 2.65. The van der Waals surface area contributed by atoms with Crippen molar-refractivity contribution in [3.8, 4) is 5.75 Å². The first kappa shape index (κ1) is 18.9. The smallest absolute Gasteiger partial charge is 0.123 e. The minimum absolute atomic E-state index is 0.0173. The summed E-state index contributed by atoms with van der Waals surface area (Å²) >= 11 is 0. The van der Waals surface area contributed by atoms with Crippen LogP contribution in [0.5, 0.6) is 5.75 Å². The molecule has 28 heavy (non-hydrogen) atoms. The van der Waals surface area contributed by atoms with Crippen LogP contribution in [-0.2, 0) is 28.9 Å². The van der Waals surface area contributed by atoms with E-state index >= 15 is 0 Å². The van der Waals surface area contributed by atoms with E-state index in [1.165, 1.54) is 48.8 Å². The van der Waals surface area contributed by atoms with Gasteiger partial charge in [0.05, 0.1) is 18.8 Å². The second kappa shape index (κ2) is 7.62. The fourth-order valence-electron chi connectivity index (χ4n) is 5.84. The second-order valence-corrected chi connectivity index (χ2v) is 9.46. The summed E-state index contributed by atoms with van der Waals surface area (Å²) in [6.07, 6.45) is 11.3. The Morgan fingerprint density at radius 2 is 1.89 bits per heavy atom. The molecule has 1 aromatic rings. The highest BCUT2D eigenvalue weighted by atomic mass is 16.5. The van der Waals surface area contributed by atoms with Gasteiger partial charge in [-0.3, -0.25) is 4.90 Å². The highest BCUT2D eigenvalue weighted by Gasteiger charge is 2.51. The molecule has 5 rings (SSSR count). The Bertz CT molecular complexity index is 716. The Morgan fingerprint density at radius 1 is 1.07 bits per heavy atom. The first-order chi connectivity index (χ1) is 13.7. The normalized spacial score (nSPS) is 32.4. The van der Waals surface area contributed by atoms with Gasteiger partial charge in [0, 0.05) is 38.4 Å². The highest BCUT2D eigenvalue weighted by Crippen LogP contribution is 2.45. The molecule has 1 heterocycles. The van der Waals surface area contributed by atoms with Gasteiger partial charge in [0.25, 0.3) is 0 Å². The summed E-state index contributed by atoms with van der Waals surface area (Å²) in [5.41, 5.74) is 4.38. The minimum atomic E-state index is 0.0173. The van der Waals surface area contributed by atoms with E-state index in [4.69, 9.17) is 14.2 Å². The molecule has 1 aliphatic heterocycles. The zero-order chi connectivity index (χ0) is 19.1. The molecule has 0 aromatic heterocycles. The zero-order valence-corrected chi connectivity index (χ0v) is 17.5. The molecule has 1 aromatic carbocycles. The van der Waals surface area contributed by atoms with Crippen molar-refractivity contribution in [1.29, 1.82) is 0 Å². The molecule has 0 unspecified atom stereocenters. The summed E-state index contributed by atoms with van der Waals surface area (Å²) < 4.78 is 18.2. The first-order valence-corrected chi connectivity index (χ1v) is 11.3. The molecule has 1 saturated heterocycles. The average Bonchev–Trinajstić information content (AvgIpc) is 3.33. The molecule has 4 aliphatic rings. The molecule has 2 saturated carbocycles. The number of fused-ring (bicyclic) bond motifs is 2. The van der Waals surface area contributed by atoms with Crippen LogP contribution in [0.3, 0.4) is 0 Å². The van der Waals surface area contributed by atoms with Crippen molar-refractivity contribution < 1.29 is 14.2 Å². The van der Waals surface area contributed by atoms with Crippen LogP contribution in [0.2, 0.25) is 0 Å². The third-order valence-corrected chi connectivity index (χ3v) is 7.79. The SMILES string of the molecule is COc1cc2c(cc1CN1CC[C@]3(OC)CC[C@@H](OCC4CC4)C[C@H]13)CCC2. The molecule has 0 spiro atoms. The van der Waals surface area contributed by atoms with Gasteiger partial charge in [-0.1, -0.05) is 6.07 Å².